The Morgan fingerprint density at radius 1 is 1.15 bits per heavy atom. The molecule has 0 spiro atoms. The lowest BCUT2D eigenvalue weighted by atomic mass is 10.1. The summed E-state index contributed by atoms with van der Waals surface area (Å²) >= 11 is 6.40. The van der Waals surface area contributed by atoms with E-state index in [0.29, 0.717) is 66.5 Å². The number of halogens is 1. The molecule has 2 heterocycles. The van der Waals surface area contributed by atoms with Crippen molar-refractivity contribution in [2.45, 2.75) is 33.4 Å². The summed E-state index contributed by atoms with van der Waals surface area (Å²) in [6.45, 7) is 8.97. The van der Waals surface area contributed by atoms with Crippen molar-refractivity contribution in [3.05, 3.63) is 58.4 Å². The number of amides is 1. The highest BCUT2D eigenvalue weighted by Crippen LogP contribution is 2.37. The van der Waals surface area contributed by atoms with Gasteiger partial charge in [0.05, 0.1) is 24.8 Å². The van der Waals surface area contributed by atoms with Gasteiger partial charge in [0.15, 0.2) is 11.5 Å². The van der Waals surface area contributed by atoms with E-state index in [1.165, 1.54) is 12.7 Å². The molecule has 1 aliphatic heterocycles. The van der Waals surface area contributed by atoms with E-state index in [0.717, 1.165) is 5.56 Å². The summed E-state index contributed by atoms with van der Waals surface area (Å²) in [5.74, 6) is 1.96. The summed E-state index contributed by atoms with van der Waals surface area (Å²) in [7, 11) is 1.54. The zero-order valence-corrected chi connectivity index (χ0v) is 20.6. The number of carbonyl (C=O) groups excluding carboxylic acids is 1. The fourth-order valence-corrected chi connectivity index (χ4v) is 4.07. The number of ether oxygens (including phenoxy) is 2. The molecule has 0 N–H and O–H groups in total. The van der Waals surface area contributed by atoms with Crippen LogP contribution in [0.15, 0.2) is 40.9 Å². The first-order valence-electron chi connectivity index (χ1n) is 11.3. The van der Waals surface area contributed by atoms with E-state index >= 15 is 0 Å². The summed E-state index contributed by atoms with van der Waals surface area (Å²) in [5, 5.41) is 4.46. The highest BCUT2D eigenvalue weighted by Gasteiger charge is 2.25. The van der Waals surface area contributed by atoms with Crippen molar-refractivity contribution in [3.63, 3.8) is 0 Å². The largest absolute Gasteiger partial charge is 0.493 e. The van der Waals surface area contributed by atoms with Gasteiger partial charge < -0.3 is 18.9 Å². The smallest absolute Gasteiger partial charge is 0.254 e. The quantitative estimate of drug-likeness (QED) is 0.490. The van der Waals surface area contributed by atoms with E-state index < -0.39 is 0 Å². The number of carbonyl (C=O) groups is 1. The number of hydrogen-bond acceptors (Lipinski definition) is 7. The van der Waals surface area contributed by atoms with E-state index in [1.807, 2.05) is 49.9 Å². The second-order valence-electron chi connectivity index (χ2n) is 8.60. The highest BCUT2D eigenvalue weighted by molar-refractivity contribution is 6.32. The number of methoxy groups -OCH3 is 1. The molecule has 180 valence electrons. The molecule has 1 amide bonds. The molecule has 8 nitrogen and oxygen atoms in total. The molecule has 0 aliphatic carbocycles. The normalized spacial score (nSPS) is 14.5. The first-order chi connectivity index (χ1) is 16.3. The molecular formula is C25H29ClN4O4. The first kappa shape index (κ1) is 24.0. The SMILES string of the molecule is COc1cc(C(=O)N2CCN(Cc3nc(-c4ccc(C)cc4)no3)CC2)cc(Cl)c1OC(C)C. The summed E-state index contributed by atoms with van der Waals surface area (Å²) < 4.78 is 16.6. The Labute approximate surface area is 204 Å². The van der Waals surface area contributed by atoms with Crippen LogP contribution in [0.5, 0.6) is 11.5 Å². The molecule has 3 aromatic rings. The van der Waals surface area contributed by atoms with Gasteiger partial charge in [0.25, 0.3) is 5.91 Å². The predicted octanol–water partition coefficient (Wildman–Crippen LogP) is 4.45. The lowest BCUT2D eigenvalue weighted by molar-refractivity contribution is 0.0614. The van der Waals surface area contributed by atoms with Crippen LogP contribution < -0.4 is 9.47 Å². The van der Waals surface area contributed by atoms with Crippen LogP contribution in [0.4, 0.5) is 0 Å². The molecule has 9 heteroatoms. The predicted molar refractivity (Wildman–Crippen MR) is 129 cm³/mol. The molecule has 0 atom stereocenters. The van der Waals surface area contributed by atoms with Gasteiger partial charge in [-0.2, -0.15) is 4.98 Å². The van der Waals surface area contributed by atoms with Crippen molar-refractivity contribution in [1.29, 1.82) is 0 Å². The molecule has 0 radical (unpaired) electrons. The van der Waals surface area contributed by atoms with Crippen LogP contribution in [0.3, 0.4) is 0 Å². The van der Waals surface area contributed by atoms with Gasteiger partial charge in [-0.25, -0.2) is 0 Å². The van der Waals surface area contributed by atoms with Crippen molar-refractivity contribution in [1.82, 2.24) is 19.9 Å². The number of aryl methyl sites for hydroxylation is 1. The van der Waals surface area contributed by atoms with Gasteiger partial charge in [-0.1, -0.05) is 46.6 Å². The molecule has 1 aromatic heterocycles. The average molecular weight is 485 g/mol. The number of rotatable bonds is 7. The Balaban J connectivity index is 1.36. The van der Waals surface area contributed by atoms with Gasteiger partial charge in [0.1, 0.15) is 0 Å². The van der Waals surface area contributed by atoms with Crippen molar-refractivity contribution in [2.24, 2.45) is 0 Å². The molecule has 0 bridgehead atoms. The third-order valence-corrected chi connectivity index (χ3v) is 5.91. The van der Waals surface area contributed by atoms with Crippen LogP contribution in [0.2, 0.25) is 5.02 Å². The van der Waals surface area contributed by atoms with E-state index in [2.05, 4.69) is 15.0 Å². The van der Waals surface area contributed by atoms with Crippen LogP contribution in [0.1, 0.15) is 35.7 Å². The number of hydrogen-bond donors (Lipinski definition) is 0. The molecular weight excluding hydrogens is 456 g/mol. The number of nitrogens with zero attached hydrogens (tertiary/aromatic N) is 4. The van der Waals surface area contributed by atoms with Gasteiger partial charge in [-0.05, 0) is 32.9 Å². The highest BCUT2D eigenvalue weighted by atomic mass is 35.5. The van der Waals surface area contributed by atoms with E-state index in [4.69, 9.17) is 25.6 Å². The molecule has 34 heavy (non-hydrogen) atoms. The van der Waals surface area contributed by atoms with Gasteiger partial charge >= 0.3 is 0 Å². The lowest BCUT2D eigenvalue weighted by Crippen LogP contribution is -2.48. The Morgan fingerprint density at radius 2 is 1.85 bits per heavy atom. The zero-order valence-electron chi connectivity index (χ0n) is 19.9. The number of benzene rings is 2. The molecule has 1 saturated heterocycles. The molecule has 0 unspecified atom stereocenters. The third-order valence-electron chi connectivity index (χ3n) is 5.63. The number of aromatic nitrogens is 2. The maximum atomic E-state index is 13.1. The van der Waals surface area contributed by atoms with Gasteiger partial charge in [0, 0.05) is 37.3 Å². The Bertz CT molecular complexity index is 1140. The molecule has 1 aliphatic rings. The maximum Gasteiger partial charge on any atom is 0.254 e. The summed E-state index contributed by atoms with van der Waals surface area (Å²) in [6.07, 6.45) is -0.0622. The zero-order chi connectivity index (χ0) is 24.2. The van der Waals surface area contributed by atoms with Crippen molar-refractivity contribution in [3.8, 4) is 22.9 Å². The van der Waals surface area contributed by atoms with Crippen LogP contribution in [0, 0.1) is 6.92 Å². The monoisotopic (exact) mass is 484 g/mol. The Kier molecular flexibility index (Phi) is 7.38. The minimum absolute atomic E-state index is 0.0622. The summed E-state index contributed by atoms with van der Waals surface area (Å²) in [4.78, 5) is 21.7. The molecule has 4 rings (SSSR count). The van der Waals surface area contributed by atoms with Gasteiger partial charge in [-0.3, -0.25) is 9.69 Å². The molecule has 2 aromatic carbocycles. The van der Waals surface area contributed by atoms with Crippen molar-refractivity contribution in [2.75, 3.05) is 33.3 Å². The first-order valence-corrected chi connectivity index (χ1v) is 11.7. The fourth-order valence-electron chi connectivity index (χ4n) is 3.82. The fraction of sp³-hybridized carbons (Fsp3) is 0.400. The van der Waals surface area contributed by atoms with Crippen molar-refractivity contribution < 1.29 is 18.8 Å². The van der Waals surface area contributed by atoms with E-state index in [-0.39, 0.29) is 12.0 Å². The van der Waals surface area contributed by atoms with E-state index in [9.17, 15) is 4.79 Å². The average Bonchev–Trinajstić information content (AvgIpc) is 3.29. The van der Waals surface area contributed by atoms with Crippen LogP contribution in [0.25, 0.3) is 11.4 Å². The van der Waals surface area contributed by atoms with E-state index in [1.54, 1.807) is 12.1 Å². The minimum Gasteiger partial charge on any atom is -0.493 e. The second-order valence-corrected chi connectivity index (χ2v) is 9.01. The number of piperazine rings is 1. The maximum absolute atomic E-state index is 13.1. The van der Waals surface area contributed by atoms with Crippen LogP contribution in [-0.4, -0.2) is 65.2 Å². The minimum atomic E-state index is -0.0876. The standard InChI is InChI=1S/C25H29ClN4O4/c1-16(2)33-23-20(26)13-19(14-21(23)32-4)25(31)30-11-9-29(10-12-30)15-22-27-24(28-34-22)18-7-5-17(3)6-8-18/h5-8,13-14,16H,9-12,15H2,1-4H3. The third kappa shape index (κ3) is 5.51. The summed E-state index contributed by atoms with van der Waals surface area (Å²) in [5.41, 5.74) is 2.58. The second kappa shape index (κ2) is 10.4. The Hall–Kier alpha value is -3.10. The van der Waals surface area contributed by atoms with Gasteiger partial charge in [-0.15, -0.1) is 0 Å². The molecule has 1 fully saturated rings. The Morgan fingerprint density at radius 3 is 2.50 bits per heavy atom. The van der Waals surface area contributed by atoms with Crippen LogP contribution in [-0.2, 0) is 6.54 Å². The summed E-state index contributed by atoms with van der Waals surface area (Å²) in [6, 6.07) is 11.3. The lowest BCUT2D eigenvalue weighted by Gasteiger charge is -2.34. The van der Waals surface area contributed by atoms with Crippen LogP contribution >= 0.6 is 11.6 Å². The topological polar surface area (TPSA) is 80.9 Å². The van der Waals surface area contributed by atoms with Crippen molar-refractivity contribution >= 4 is 17.5 Å². The van der Waals surface area contributed by atoms with Gasteiger partial charge in [0.2, 0.25) is 11.7 Å². The molecule has 0 saturated carbocycles.